The third kappa shape index (κ3) is 6.44. The molecule has 1 amide bonds. The summed E-state index contributed by atoms with van der Waals surface area (Å²) in [7, 11) is -3.41. The molecule has 28 heavy (non-hydrogen) atoms. The maximum Gasteiger partial charge on any atom is 0.243 e. The zero-order chi connectivity index (χ0) is 19.3. The highest BCUT2D eigenvalue weighted by Crippen LogP contribution is 2.31. The number of sulfonamides is 1. The Kier molecular flexibility index (Phi) is 8.74. The fourth-order valence-electron chi connectivity index (χ4n) is 3.53. The highest BCUT2D eigenvalue weighted by molar-refractivity contribution is 7.89. The van der Waals surface area contributed by atoms with Crippen molar-refractivity contribution in [2.24, 2.45) is 11.7 Å². The molecular weight excluding hydrogens is 398 g/mol. The average Bonchev–Trinajstić information content (AvgIpc) is 3.51. The number of hydrogen-bond acceptors (Lipinski definition) is 4. The van der Waals surface area contributed by atoms with Gasteiger partial charge in [-0.25, -0.2) is 8.42 Å². The number of carbonyl (C=O) groups is 1. The van der Waals surface area contributed by atoms with Crippen molar-refractivity contribution in [1.29, 1.82) is 0 Å². The Morgan fingerprint density at radius 2 is 1.71 bits per heavy atom. The molecule has 6 nitrogen and oxygen atoms in total. The molecule has 3 rings (SSSR count). The zero-order valence-corrected chi connectivity index (χ0v) is 17.9. The summed E-state index contributed by atoms with van der Waals surface area (Å²) in [6, 6.07) is 7.02. The summed E-state index contributed by atoms with van der Waals surface area (Å²) < 4.78 is 27.2. The van der Waals surface area contributed by atoms with E-state index in [0.29, 0.717) is 43.3 Å². The van der Waals surface area contributed by atoms with Crippen molar-refractivity contribution in [1.82, 2.24) is 9.62 Å². The van der Waals surface area contributed by atoms with Crippen LogP contribution in [0.3, 0.4) is 0 Å². The first-order valence-corrected chi connectivity index (χ1v) is 11.5. The number of nitrogens with two attached hydrogens (primary N) is 1. The average molecular weight is 430 g/mol. The smallest absolute Gasteiger partial charge is 0.243 e. The molecule has 3 N–H and O–H groups in total. The van der Waals surface area contributed by atoms with Gasteiger partial charge in [0.1, 0.15) is 0 Å². The van der Waals surface area contributed by atoms with E-state index in [4.69, 9.17) is 5.73 Å². The van der Waals surface area contributed by atoms with Crippen molar-refractivity contribution in [2.45, 2.75) is 62.3 Å². The molecule has 1 aromatic rings. The normalized spacial score (nSPS) is 19.3. The van der Waals surface area contributed by atoms with Crippen molar-refractivity contribution in [3.05, 3.63) is 29.8 Å². The molecule has 2 fully saturated rings. The van der Waals surface area contributed by atoms with E-state index in [-0.39, 0.29) is 24.4 Å². The molecule has 0 radical (unpaired) electrons. The standard InChI is InChI=1S/C20H31N3O3S.ClH/c21-19(17-8-9-17)15-22-20(24)12-7-16-5-10-18(11-6-16)27(25,26)23-13-3-1-2-4-14-23;/h5-6,10-11,17,19H,1-4,7-9,12-15,21H2,(H,22,24);1H. The lowest BCUT2D eigenvalue weighted by Crippen LogP contribution is -2.38. The Morgan fingerprint density at radius 1 is 1.11 bits per heavy atom. The zero-order valence-electron chi connectivity index (χ0n) is 16.3. The first kappa shape index (κ1) is 23.1. The van der Waals surface area contributed by atoms with Crippen LogP contribution in [0.25, 0.3) is 0 Å². The first-order chi connectivity index (χ1) is 13.0. The number of rotatable bonds is 8. The summed E-state index contributed by atoms with van der Waals surface area (Å²) in [5, 5.41) is 2.89. The van der Waals surface area contributed by atoms with Gasteiger partial charge in [0.2, 0.25) is 15.9 Å². The Bertz CT molecular complexity index is 728. The lowest BCUT2D eigenvalue weighted by molar-refractivity contribution is -0.121. The molecule has 1 saturated carbocycles. The molecule has 1 aromatic carbocycles. The van der Waals surface area contributed by atoms with Gasteiger partial charge in [0.15, 0.2) is 0 Å². The van der Waals surface area contributed by atoms with Crippen molar-refractivity contribution in [3.63, 3.8) is 0 Å². The third-order valence-corrected chi connectivity index (χ3v) is 7.44. The molecule has 1 aliphatic heterocycles. The van der Waals surface area contributed by atoms with Crippen molar-refractivity contribution < 1.29 is 13.2 Å². The van der Waals surface area contributed by atoms with Gasteiger partial charge in [-0.05, 0) is 55.7 Å². The monoisotopic (exact) mass is 429 g/mol. The Balaban J connectivity index is 0.00000280. The van der Waals surface area contributed by atoms with Gasteiger partial charge < -0.3 is 11.1 Å². The molecule has 1 heterocycles. The van der Waals surface area contributed by atoms with Crippen molar-refractivity contribution in [2.75, 3.05) is 19.6 Å². The van der Waals surface area contributed by atoms with Crippen molar-refractivity contribution >= 4 is 28.3 Å². The molecule has 1 aliphatic carbocycles. The van der Waals surface area contributed by atoms with E-state index in [1.807, 2.05) is 12.1 Å². The van der Waals surface area contributed by atoms with E-state index in [1.54, 1.807) is 16.4 Å². The quantitative estimate of drug-likeness (QED) is 0.663. The minimum atomic E-state index is -3.41. The molecule has 0 spiro atoms. The number of halogens is 1. The SMILES string of the molecule is Cl.NC(CNC(=O)CCc1ccc(S(=O)(=O)N2CCCCCC2)cc1)C1CC1. The number of amides is 1. The van der Waals surface area contributed by atoms with Crippen LogP contribution < -0.4 is 11.1 Å². The number of nitrogens with one attached hydrogen (secondary N) is 1. The first-order valence-electron chi connectivity index (χ1n) is 10.1. The Hall–Kier alpha value is -1.15. The van der Waals surface area contributed by atoms with Crippen LogP contribution in [-0.2, 0) is 21.2 Å². The van der Waals surface area contributed by atoms with Gasteiger partial charge in [0.25, 0.3) is 0 Å². The number of carbonyl (C=O) groups excluding carboxylic acids is 1. The highest BCUT2D eigenvalue weighted by atomic mass is 35.5. The van der Waals surface area contributed by atoms with Crippen LogP contribution >= 0.6 is 12.4 Å². The van der Waals surface area contributed by atoms with E-state index in [1.165, 1.54) is 12.8 Å². The van der Waals surface area contributed by atoms with Crippen LogP contribution in [0, 0.1) is 5.92 Å². The molecule has 158 valence electrons. The summed E-state index contributed by atoms with van der Waals surface area (Å²) in [4.78, 5) is 12.3. The van der Waals surface area contributed by atoms with Gasteiger partial charge in [-0.15, -0.1) is 12.4 Å². The minimum absolute atomic E-state index is 0. The fraction of sp³-hybridized carbons (Fsp3) is 0.650. The lowest BCUT2D eigenvalue weighted by atomic mass is 10.1. The van der Waals surface area contributed by atoms with Gasteiger partial charge in [-0.2, -0.15) is 4.31 Å². The summed E-state index contributed by atoms with van der Waals surface area (Å²) in [5.41, 5.74) is 6.95. The Labute approximate surface area is 174 Å². The van der Waals surface area contributed by atoms with Crippen LogP contribution in [-0.4, -0.2) is 44.3 Å². The van der Waals surface area contributed by atoms with Gasteiger partial charge in [-0.1, -0.05) is 25.0 Å². The van der Waals surface area contributed by atoms with E-state index < -0.39 is 10.0 Å². The van der Waals surface area contributed by atoms with Crippen molar-refractivity contribution in [3.8, 4) is 0 Å². The summed E-state index contributed by atoms with van der Waals surface area (Å²) in [6.07, 6.45) is 7.36. The molecular formula is C20H32ClN3O3S. The molecule has 1 saturated heterocycles. The van der Waals surface area contributed by atoms with E-state index in [9.17, 15) is 13.2 Å². The lowest BCUT2D eigenvalue weighted by Gasteiger charge is -2.20. The largest absolute Gasteiger partial charge is 0.355 e. The van der Waals surface area contributed by atoms with Gasteiger partial charge in [-0.3, -0.25) is 4.79 Å². The molecule has 0 bridgehead atoms. The van der Waals surface area contributed by atoms with Crippen LogP contribution in [0.1, 0.15) is 50.5 Å². The van der Waals surface area contributed by atoms with Crippen LogP contribution in [0.15, 0.2) is 29.2 Å². The topological polar surface area (TPSA) is 92.5 Å². The molecule has 2 aliphatic rings. The Morgan fingerprint density at radius 3 is 2.29 bits per heavy atom. The number of hydrogen-bond donors (Lipinski definition) is 2. The van der Waals surface area contributed by atoms with E-state index in [2.05, 4.69) is 5.32 Å². The summed E-state index contributed by atoms with van der Waals surface area (Å²) >= 11 is 0. The minimum Gasteiger partial charge on any atom is -0.355 e. The van der Waals surface area contributed by atoms with Crippen LogP contribution in [0.2, 0.25) is 0 Å². The number of benzene rings is 1. The fourth-order valence-corrected chi connectivity index (χ4v) is 5.05. The van der Waals surface area contributed by atoms with Gasteiger partial charge >= 0.3 is 0 Å². The second-order valence-electron chi connectivity index (χ2n) is 7.77. The van der Waals surface area contributed by atoms with Gasteiger partial charge in [0, 0.05) is 32.1 Å². The maximum absolute atomic E-state index is 12.8. The predicted molar refractivity (Wildman–Crippen MR) is 113 cm³/mol. The van der Waals surface area contributed by atoms with E-state index in [0.717, 1.165) is 31.2 Å². The third-order valence-electron chi connectivity index (χ3n) is 5.53. The molecule has 8 heteroatoms. The summed E-state index contributed by atoms with van der Waals surface area (Å²) in [6.45, 7) is 1.75. The number of aryl methyl sites for hydroxylation is 1. The van der Waals surface area contributed by atoms with Crippen LogP contribution in [0.5, 0.6) is 0 Å². The maximum atomic E-state index is 12.8. The second kappa shape index (κ2) is 10.6. The highest BCUT2D eigenvalue weighted by Gasteiger charge is 2.28. The predicted octanol–water partition coefficient (Wildman–Crippen LogP) is 2.46. The molecule has 1 atom stereocenters. The number of nitrogens with zero attached hydrogens (tertiary/aromatic N) is 1. The van der Waals surface area contributed by atoms with Crippen LogP contribution in [0.4, 0.5) is 0 Å². The molecule has 0 aromatic heterocycles. The van der Waals surface area contributed by atoms with Gasteiger partial charge in [0.05, 0.1) is 4.90 Å². The second-order valence-corrected chi connectivity index (χ2v) is 9.71. The van der Waals surface area contributed by atoms with E-state index >= 15 is 0 Å². The summed E-state index contributed by atoms with van der Waals surface area (Å²) in [5.74, 6) is 0.566. The molecule has 1 unspecified atom stereocenters.